The highest BCUT2D eigenvalue weighted by molar-refractivity contribution is 5.63. The van der Waals surface area contributed by atoms with Crippen molar-refractivity contribution in [3.8, 4) is 17.0 Å². The standard InChI is InChI=1S/C16H21N3O2/c1-4-20-10-16-18-14(9-15(17)19-16)12-6-5-7-13(8-12)21-11(2)3/h5-9,11H,4,10H2,1-3H3,(H2,17,18,19). The lowest BCUT2D eigenvalue weighted by atomic mass is 10.1. The quantitative estimate of drug-likeness (QED) is 0.884. The molecule has 0 fully saturated rings. The largest absolute Gasteiger partial charge is 0.491 e. The fraction of sp³-hybridized carbons (Fsp3) is 0.375. The van der Waals surface area contributed by atoms with Gasteiger partial charge >= 0.3 is 0 Å². The minimum absolute atomic E-state index is 0.129. The maximum atomic E-state index is 5.85. The number of ether oxygens (including phenoxy) is 2. The second-order valence-electron chi connectivity index (χ2n) is 4.93. The first-order chi connectivity index (χ1) is 10.1. The van der Waals surface area contributed by atoms with E-state index >= 15 is 0 Å². The van der Waals surface area contributed by atoms with Crippen molar-refractivity contribution < 1.29 is 9.47 Å². The van der Waals surface area contributed by atoms with E-state index in [-0.39, 0.29) is 6.10 Å². The number of nitrogen functional groups attached to an aromatic ring is 1. The first-order valence-electron chi connectivity index (χ1n) is 7.06. The zero-order valence-electron chi connectivity index (χ0n) is 12.7. The van der Waals surface area contributed by atoms with Gasteiger partial charge in [-0.25, -0.2) is 9.97 Å². The number of nitrogens with zero attached hydrogens (tertiary/aromatic N) is 2. The number of hydrogen-bond acceptors (Lipinski definition) is 5. The van der Waals surface area contributed by atoms with E-state index < -0.39 is 0 Å². The Labute approximate surface area is 125 Å². The molecule has 5 nitrogen and oxygen atoms in total. The van der Waals surface area contributed by atoms with E-state index in [0.717, 1.165) is 17.0 Å². The fourth-order valence-corrected chi connectivity index (χ4v) is 1.92. The Morgan fingerprint density at radius 1 is 1.19 bits per heavy atom. The Morgan fingerprint density at radius 3 is 2.71 bits per heavy atom. The maximum absolute atomic E-state index is 5.85. The minimum atomic E-state index is 0.129. The molecule has 0 saturated heterocycles. The molecule has 0 aliphatic carbocycles. The number of benzene rings is 1. The summed E-state index contributed by atoms with van der Waals surface area (Å²) in [7, 11) is 0. The molecule has 112 valence electrons. The Hall–Kier alpha value is -2.14. The van der Waals surface area contributed by atoms with E-state index in [4.69, 9.17) is 15.2 Å². The second kappa shape index (κ2) is 7.04. The van der Waals surface area contributed by atoms with Crippen LogP contribution in [0.2, 0.25) is 0 Å². The monoisotopic (exact) mass is 287 g/mol. The molecule has 21 heavy (non-hydrogen) atoms. The molecule has 0 unspecified atom stereocenters. The molecule has 5 heteroatoms. The SMILES string of the molecule is CCOCc1nc(N)cc(-c2cccc(OC(C)C)c2)n1. The Kier molecular flexibility index (Phi) is 5.11. The maximum Gasteiger partial charge on any atom is 0.157 e. The van der Waals surface area contributed by atoms with Crippen molar-refractivity contribution in [2.45, 2.75) is 33.5 Å². The molecule has 0 atom stereocenters. The van der Waals surface area contributed by atoms with Gasteiger partial charge in [0.25, 0.3) is 0 Å². The molecule has 0 aliphatic heterocycles. The van der Waals surface area contributed by atoms with Crippen LogP contribution in [0.25, 0.3) is 11.3 Å². The van der Waals surface area contributed by atoms with E-state index in [9.17, 15) is 0 Å². The zero-order chi connectivity index (χ0) is 15.2. The molecule has 0 spiro atoms. The Bertz CT molecular complexity index is 600. The van der Waals surface area contributed by atoms with Gasteiger partial charge in [0, 0.05) is 18.2 Å². The molecule has 2 aromatic rings. The van der Waals surface area contributed by atoms with E-state index in [2.05, 4.69) is 9.97 Å². The van der Waals surface area contributed by atoms with Crippen molar-refractivity contribution in [3.63, 3.8) is 0 Å². The highest BCUT2D eigenvalue weighted by Gasteiger charge is 2.07. The molecule has 2 rings (SSSR count). The lowest BCUT2D eigenvalue weighted by molar-refractivity contribution is 0.128. The number of anilines is 1. The molecule has 1 aromatic heterocycles. The van der Waals surface area contributed by atoms with Crippen LogP contribution >= 0.6 is 0 Å². The third-order valence-electron chi connectivity index (χ3n) is 2.73. The van der Waals surface area contributed by atoms with Crippen LogP contribution in [-0.4, -0.2) is 22.7 Å². The van der Waals surface area contributed by atoms with Crippen LogP contribution in [0.15, 0.2) is 30.3 Å². The molecular formula is C16H21N3O2. The normalized spacial score (nSPS) is 10.9. The number of hydrogen-bond donors (Lipinski definition) is 1. The van der Waals surface area contributed by atoms with Gasteiger partial charge < -0.3 is 15.2 Å². The molecule has 0 aliphatic rings. The molecule has 0 saturated carbocycles. The van der Waals surface area contributed by atoms with Crippen molar-refractivity contribution in [3.05, 3.63) is 36.2 Å². The summed E-state index contributed by atoms with van der Waals surface area (Å²) in [4.78, 5) is 8.67. The van der Waals surface area contributed by atoms with Crippen LogP contribution in [0.1, 0.15) is 26.6 Å². The van der Waals surface area contributed by atoms with Crippen LogP contribution < -0.4 is 10.5 Å². The van der Waals surface area contributed by atoms with Crippen LogP contribution in [0.3, 0.4) is 0 Å². The molecular weight excluding hydrogens is 266 g/mol. The lowest BCUT2D eigenvalue weighted by Crippen LogP contribution is -2.06. The van der Waals surface area contributed by atoms with Crippen LogP contribution in [0.4, 0.5) is 5.82 Å². The van der Waals surface area contributed by atoms with Crippen LogP contribution in [0, 0.1) is 0 Å². The lowest BCUT2D eigenvalue weighted by Gasteiger charge is -2.11. The predicted octanol–water partition coefficient (Wildman–Crippen LogP) is 3.05. The summed E-state index contributed by atoms with van der Waals surface area (Å²) in [6.45, 7) is 6.90. The third-order valence-corrected chi connectivity index (χ3v) is 2.73. The summed E-state index contributed by atoms with van der Waals surface area (Å²) in [5.74, 6) is 1.83. The number of rotatable bonds is 6. The summed E-state index contributed by atoms with van der Waals surface area (Å²) in [6, 6.07) is 9.54. The highest BCUT2D eigenvalue weighted by Crippen LogP contribution is 2.24. The fourth-order valence-electron chi connectivity index (χ4n) is 1.92. The first-order valence-corrected chi connectivity index (χ1v) is 7.06. The molecule has 0 radical (unpaired) electrons. The Balaban J connectivity index is 2.30. The second-order valence-corrected chi connectivity index (χ2v) is 4.93. The van der Waals surface area contributed by atoms with Gasteiger partial charge in [-0.05, 0) is 32.9 Å². The minimum Gasteiger partial charge on any atom is -0.491 e. The molecule has 1 aromatic carbocycles. The van der Waals surface area contributed by atoms with E-state index in [1.165, 1.54) is 0 Å². The van der Waals surface area contributed by atoms with Gasteiger partial charge in [-0.2, -0.15) is 0 Å². The summed E-state index contributed by atoms with van der Waals surface area (Å²) >= 11 is 0. The molecule has 2 N–H and O–H groups in total. The highest BCUT2D eigenvalue weighted by atomic mass is 16.5. The van der Waals surface area contributed by atoms with E-state index in [0.29, 0.717) is 24.9 Å². The molecule has 0 bridgehead atoms. The van der Waals surface area contributed by atoms with Gasteiger partial charge in [-0.15, -0.1) is 0 Å². The van der Waals surface area contributed by atoms with Gasteiger partial charge in [0.2, 0.25) is 0 Å². The van der Waals surface area contributed by atoms with Crippen molar-refractivity contribution in [2.75, 3.05) is 12.3 Å². The molecule has 1 heterocycles. The van der Waals surface area contributed by atoms with E-state index in [1.54, 1.807) is 6.07 Å². The van der Waals surface area contributed by atoms with Crippen LogP contribution in [-0.2, 0) is 11.3 Å². The Morgan fingerprint density at radius 2 is 2.00 bits per heavy atom. The van der Waals surface area contributed by atoms with Crippen LogP contribution in [0.5, 0.6) is 5.75 Å². The van der Waals surface area contributed by atoms with Gasteiger partial charge in [0.05, 0.1) is 11.8 Å². The van der Waals surface area contributed by atoms with Gasteiger partial charge in [0.1, 0.15) is 18.2 Å². The average Bonchev–Trinajstić information content (AvgIpc) is 2.44. The van der Waals surface area contributed by atoms with Gasteiger partial charge in [-0.1, -0.05) is 12.1 Å². The topological polar surface area (TPSA) is 70.3 Å². The summed E-state index contributed by atoms with van der Waals surface area (Å²) < 4.78 is 11.0. The first kappa shape index (κ1) is 15.3. The van der Waals surface area contributed by atoms with Crippen molar-refractivity contribution in [1.82, 2.24) is 9.97 Å². The van der Waals surface area contributed by atoms with Gasteiger partial charge in [0.15, 0.2) is 5.82 Å². The van der Waals surface area contributed by atoms with Crippen molar-refractivity contribution in [2.24, 2.45) is 0 Å². The average molecular weight is 287 g/mol. The zero-order valence-corrected chi connectivity index (χ0v) is 12.7. The summed E-state index contributed by atoms with van der Waals surface area (Å²) in [5.41, 5.74) is 7.56. The molecule has 0 amide bonds. The predicted molar refractivity (Wildman–Crippen MR) is 83.0 cm³/mol. The van der Waals surface area contributed by atoms with Crippen molar-refractivity contribution in [1.29, 1.82) is 0 Å². The smallest absolute Gasteiger partial charge is 0.157 e. The summed E-state index contributed by atoms with van der Waals surface area (Å²) in [5, 5.41) is 0. The number of nitrogens with two attached hydrogens (primary N) is 1. The van der Waals surface area contributed by atoms with E-state index in [1.807, 2.05) is 45.0 Å². The summed E-state index contributed by atoms with van der Waals surface area (Å²) in [6.07, 6.45) is 0.129. The third kappa shape index (κ3) is 4.43. The van der Waals surface area contributed by atoms with Gasteiger partial charge in [-0.3, -0.25) is 0 Å². The number of aromatic nitrogens is 2. The van der Waals surface area contributed by atoms with Crippen molar-refractivity contribution >= 4 is 5.82 Å².